The molecule has 2 aromatic rings. The molecule has 0 saturated carbocycles. The first-order chi connectivity index (χ1) is 8.37. The van der Waals surface area contributed by atoms with Gasteiger partial charge in [0.05, 0.1) is 0 Å². The van der Waals surface area contributed by atoms with Gasteiger partial charge in [-0.1, -0.05) is 0 Å². The van der Waals surface area contributed by atoms with Crippen LogP contribution < -0.4 is 5.32 Å². The highest BCUT2D eigenvalue weighted by Crippen LogP contribution is 2.25. The average Bonchev–Trinajstić information content (AvgIpc) is 2.54. The molecule has 2 N–H and O–H groups in total. The van der Waals surface area contributed by atoms with E-state index < -0.39 is 0 Å². The molecule has 0 spiro atoms. The first kappa shape index (κ1) is 13.0. The van der Waals surface area contributed by atoms with Crippen LogP contribution in [-0.4, -0.2) is 21.8 Å². The lowest BCUT2D eigenvalue weighted by atomic mass is 10.1. The van der Waals surface area contributed by atoms with Crippen molar-refractivity contribution in [3.8, 4) is 5.75 Å². The van der Waals surface area contributed by atoms with E-state index in [0.717, 1.165) is 18.4 Å². The molecule has 0 amide bonds. The van der Waals surface area contributed by atoms with Crippen LogP contribution in [0.4, 0.5) is 0 Å². The van der Waals surface area contributed by atoms with Crippen LogP contribution in [-0.2, 0) is 13.5 Å². The summed E-state index contributed by atoms with van der Waals surface area (Å²) in [6.45, 7) is 7.45. The van der Waals surface area contributed by atoms with E-state index >= 15 is 0 Å². The van der Waals surface area contributed by atoms with Gasteiger partial charge in [0.1, 0.15) is 5.75 Å². The number of nitrogens with zero attached hydrogens (tertiary/aromatic N) is 1. The quantitative estimate of drug-likeness (QED) is 0.874. The number of benzene rings is 1. The van der Waals surface area contributed by atoms with Crippen LogP contribution in [0.2, 0.25) is 0 Å². The number of hydrogen-bond acceptors (Lipinski definition) is 2. The zero-order valence-electron chi connectivity index (χ0n) is 11.6. The number of phenols is 1. The number of hydrogen-bond donors (Lipinski definition) is 2. The predicted molar refractivity (Wildman–Crippen MR) is 76.0 cm³/mol. The third-order valence-electron chi connectivity index (χ3n) is 3.11. The molecular formula is C15H22N2O. The van der Waals surface area contributed by atoms with Gasteiger partial charge in [-0.3, -0.25) is 0 Å². The van der Waals surface area contributed by atoms with Gasteiger partial charge in [0.25, 0.3) is 0 Å². The molecule has 1 heterocycles. The van der Waals surface area contributed by atoms with Gasteiger partial charge in [-0.25, -0.2) is 0 Å². The zero-order valence-corrected chi connectivity index (χ0v) is 11.6. The largest absolute Gasteiger partial charge is 0.508 e. The van der Waals surface area contributed by atoms with Crippen molar-refractivity contribution in [3.63, 3.8) is 0 Å². The molecule has 0 aliphatic carbocycles. The normalized spacial score (nSPS) is 12.2. The molecule has 3 nitrogen and oxygen atoms in total. The minimum Gasteiger partial charge on any atom is -0.508 e. The van der Waals surface area contributed by atoms with Gasteiger partial charge in [0, 0.05) is 29.7 Å². The van der Waals surface area contributed by atoms with Crippen molar-refractivity contribution in [2.45, 2.75) is 32.7 Å². The number of aromatic nitrogens is 1. The molecule has 98 valence electrons. The monoisotopic (exact) mass is 246 g/mol. The number of aromatic hydroxyl groups is 1. The number of rotatable bonds is 3. The summed E-state index contributed by atoms with van der Waals surface area (Å²) in [6, 6.07) is 5.55. The zero-order chi connectivity index (χ0) is 13.3. The van der Waals surface area contributed by atoms with E-state index in [1.165, 1.54) is 11.1 Å². The van der Waals surface area contributed by atoms with E-state index in [4.69, 9.17) is 0 Å². The SMILES string of the molecule is Cn1cc(CCNC(C)(C)C)c2cc(O)ccc21. The van der Waals surface area contributed by atoms with Crippen LogP contribution in [0.25, 0.3) is 10.9 Å². The minimum atomic E-state index is 0.146. The Balaban J connectivity index is 2.20. The Morgan fingerprint density at radius 3 is 2.67 bits per heavy atom. The summed E-state index contributed by atoms with van der Waals surface area (Å²) in [4.78, 5) is 0. The van der Waals surface area contributed by atoms with Crippen LogP contribution in [0.5, 0.6) is 5.75 Å². The summed E-state index contributed by atoms with van der Waals surface area (Å²) in [7, 11) is 2.04. The molecule has 0 aliphatic rings. The standard InChI is InChI=1S/C15H22N2O/c1-15(2,3)16-8-7-11-10-17(4)14-6-5-12(18)9-13(11)14/h5-6,9-10,16,18H,7-8H2,1-4H3. The van der Waals surface area contributed by atoms with Crippen molar-refractivity contribution in [2.75, 3.05) is 6.54 Å². The molecular weight excluding hydrogens is 224 g/mol. The average molecular weight is 246 g/mol. The Morgan fingerprint density at radius 1 is 1.28 bits per heavy atom. The van der Waals surface area contributed by atoms with E-state index in [0.29, 0.717) is 5.75 Å². The summed E-state index contributed by atoms with van der Waals surface area (Å²) in [5.41, 5.74) is 2.59. The summed E-state index contributed by atoms with van der Waals surface area (Å²) < 4.78 is 2.11. The molecule has 3 heteroatoms. The maximum absolute atomic E-state index is 9.59. The molecule has 0 unspecified atom stereocenters. The highest BCUT2D eigenvalue weighted by atomic mass is 16.3. The minimum absolute atomic E-state index is 0.146. The van der Waals surface area contributed by atoms with Crippen LogP contribution in [0.3, 0.4) is 0 Å². The van der Waals surface area contributed by atoms with Crippen molar-refractivity contribution in [1.29, 1.82) is 0 Å². The maximum Gasteiger partial charge on any atom is 0.116 e. The van der Waals surface area contributed by atoms with Gasteiger partial charge in [0.2, 0.25) is 0 Å². The van der Waals surface area contributed by atoms with Crippen LogP contribution in [0.15, 0.2) is 24.4 Å². The molecule has 0 atom stereocenters. The van der Waals surface area contributed by atoms with Crippen LogP contribution in [0.1, 0.15) is 26.3 Å². The first-order valence-electron chi connectivity index (χ1n) is 6.39. The summed E-state index contributed by atoms with van der Waals surface area (Å²) in [6.07, 6.45) is 3.12. The molecule has 0 aliphatic heterocycles. The van der Waals surface area contributed by atoms with Crippen molar-refractivity contribution >= 4 is 10.9 Å². The van der Waals surface area contributed by atoms with Crippen molar-refractivity contribution < 1.29 is 5.11 Å². The van der Waals surface area contributed by atoms with Gasteiger partial charge < -0.3 is 15.0 Å². The Hall–Kier alpha value is -1.48. The second-order valence-electron chi connectivity index (χ2n) is 5.89. The molecule has 0 bridgehead atoms. The van der Waals surface area contributed by atoms with E-state index in [1.54, 1.807) is 6.07 Å². The molecule has 18 heavy (non-hydrogen) atoms. The van der Waals surface area contributed by atoms with Crippen molar-refractivity contribution in [3.05, 3.63) is 30.0 Å². The van der Waals surface area contributed by atoms with E-state index in [9.17, 15) is 5.11 Å². The van der Waals surface area contributed by atoms with Gasteiger partial charge in [0.15, 0.2) is 0 Å². The third kappa shape index (κ3) is 2.85. The van der Waals surface area contributed by atoms with Gasteiger partial charge in [-0.15, -0.1) is 0 Å². The maximum atomic E-state index is 9.59. The van der Waals surface area contributed by atoms with E-state index in [1.807, 2.05) is 19.2 Å². The Labute approximate surface area is 108 Å². The molecule has 2 rings (SSSR count). The van der Waals surface area contributed by atoms with Gasteiger partial charge in [-0.2, -0.15) is 0 Å². The van der Waals surface area contributed by atoms with Crippen molar-refractivity contribution in [2.24, 2.45) is 7.05 Å². The Kier molecular flexibility index (Phi) is 3.35. The Morgan fingerprint density at radius 2 is 2.00 bits per heavy atom. The second-order valence-corrected chi connectivity index (χ2v) is 5.89. The summed E-state index contributed by atoms with van der Waals surface area (Å²) >= 11 is 0. The lowest BCUT2D eigenvalue weighted by Crippen LogP contribution is -2.37. The van der Waals surface area contributed by atoms with Gasteiger partial charge >= 0.3 is 0 Å². The topological polar surface area (TPSA) is 37.2 Å². The van der Waals surface area contributed by atoms with Gasteiger partial charge in [-0.05, 0) is 57.5 Å². The number of nitrogens with one attached hydrogen (secondary N) is 1. The molecule has 1 aromatic heterocycles. The number of fused-ring (bicyclic) bond motifs is 1. The Bertz CT molecular complexity index is 549. The number of aryl methyl sites for hydroxylation is 1. The smallest absolute Gasteiger partial charge is 0.116 e. The molecule has 0 radical (unpaired) electrons. The van der Waals surface area contributed by atoms with E-state index in [2.05, 4.69) is 36.9 Å². The van der Waals surface area contributed by atoms with Crippen molar-refractivity contribution in [1.82, 2.24) is 9.88 Å². The lowest BCUT2D eigenvalue weighted by Gasteiger charge is -2.20. The highest BCUT2D eigenvalue weighted by molar-refractivity contribution is 5.85. The third-order valence-corrected chi connectivity index (χ3v) is 3.11. The van der Waals surface area contributed by atoms with Crippen LogP contribution in [0, 0.1) is 0 Å². The second kappa shape index (κ2) is 4.65. The fraction of sp³-hybridized carbons (Fsp3) is 0.467. The molecule has 0 fully saturated rings. The summed E-state index contributed by atoms with van der Waals surface area (Å²) in [5, 5.41) is 14.2. The van der Waals surface area contributed by atoms with Crippen LogP contribution >= 0.6 is 0 Å². The fourth-order valence-electron chi connectivity index (χ4n) is 2.23. The van der Waals surface area contributed by atoms with E-state index in [-0.39, 0.29) is 5.54 Å². The number of phenolic OH excluding ortho intramolecular Hbond substituents is 1. The lowest BCUT2D eigenvalue weighted by molar-refractivity contribution is 0.429. The highest BCUT2D eigenvalue weighted by Gasteiger charge is 2.10. The molecule has 1 aromatic carbocycles. The first-order valence-corrected chi connectivity index (χ1v) is 6.39. The molecule has 0 saturated heterocycles. The predicted octanol–water partition coefficient (Wildman–Crippen LogP) is 2.81. The summed E-state index contributed by atoms with van der Waals surface area (Å²) in [5.74, 6) is 0.332. The fourth-order valence-corrected chi connectivity index (χ4v) is 2.23.